The Kier molecular flexibility index (Phi) is 6.90. The Labute approximate surface area is 110 Å². The molecule has 0 aliphatic rings. The predicted octanol–water partition coefficient (Wildman–Crippen LogP) is 1.49. The Hall–Kier alpha value is -0.940. The van der Waals surface area contributed by atoms with Crippen LogP contribution in [-0.4, -0.2) is 39.3 Å². The summed E-state index contributed by atoms with van der Waals surface area (Å²) in [6.07, 6.45) is 3.78. The van der Waals surface area contributed by atoms with Crippen molar-refractivity contribution in [2.45, 2.75) is 46.7 Å². The van der Waals surface area contributed by atoms with Gasteiger partial charge in [0.1, 0.15) is 12.2 Å². The van der Waals surface area contributed by atoms with E-state index in [1.54, 1.807) is 6.33 Å². The van der Waals surface area contributed by atoms with Crippen LogP contribution in [0.25, 0.3) is 0 Å². The molecule has 0 aromatic carbocycles. The topological polar surface area (TPSA) is 60.0 Å². The van der Waals surface area contributed by atoms with Crippen molar-refractivity contribution in [1.29, 1.82) is 0 Å². The maximum absolute atomic E-state index is 5.60. The minimum absolute atomic E-state index is 0.658. The van der Waals surface area contributed by atoms with Gasteiger partial charge in [-0.25, -0.2) is 9.67 Å². The van der Waals surface area contributed by atoms with Crippen molar-refractivity contribution in [1.82, 2.24) is 19.7 Å². The summed E-state index contributed by atoms with van der Waals surface area (Å²) in [5, 5.41) is 4.27. The highest BCUT2D eigenvalue weighted by atomic mass is 15.3. The largest absolute Gasteiger partial charge is 0.330 e. The fraction of sp³-hybridized carbons (Fsp3) is 0.846. The first-order chi connectivity index (χ1) is 8.67. The van der Waals surface area contributed by atoms with Crippen LogP contribution in [0.5, 0.6) is 0 Å². The molecule has 1 heterocycles. The summed E-state index contributed by atoms with van der Waals surface area (Å²) >= 11 is 0. The normalized spacial score (nSPS) is 11.7. The SMILES string of the molecule is CCCn1ncnc1CN(CCCN)CC(C)C. The molecule has 0 bridgehead atoms. The van der Waals surface area contributed by atoms with Crippen LogP contribution in [0.1, 0.15) is 39.4 Å². The summed E-state index contributed by atoms with van der Waals surface area (Å²) in [5.41, 5.74) is 5.60. The lowest BCUT2D eigenvalue weighted by molar-refractivity contribution is 0.225. The summed E-state index contributed by atoms with van der Waals surface area (Å²) in [6.45, 7) is 11.3. The fourth-order valence-corrected chi connectivity index (χ4v) is 2.08. The molecule has 0 amide bonds. The lowest BCUT2D eigenvalue weighted by atomic mass is 10.2. The van der Waals surface area contributed by atoms with Crippen molar-refractivity contribution < 1.29 is 0 Å². The van der Waals surface area contributed by atoms with Crippen molar-refractivity contribution >= 4 is 0 Å². The van der Waals surface area contributed by atoms with Gasteiger partial charge in [-0.1, -0.05) is 20.8 Å². The Bertz CT molecular complexity index is 321. The predicted molar refractivity (Wildman–Crippen MR) is 74.1 cm³/mol. The van der Waals surface area contributed by atoms with Crippen molar-refractivity contribution in [3.05, 3.63) is 12.2 Å². The minimum Gasteiger partial charge on any atom is -0.330 e. The van der Waals surface area contributed by atoms with Gasteiger partial charge < -0.3 is 5.73 Å². The summed E-state index contributed by atoms with van der Waals surface area (Å²) in [4.78, 5) is 6.79. The molecule has 5 heteroatoms. The summed E-state index contributed by atoms with van der Waals surface area (Å²) < 4.78 is 2.01. The van der Waals surface area contributed by atoms with Crippen LogP contribution in [0.4, 0.5) is 0 Å². The van der Waals surface area contributed by atoms with Gasteiger partial charge in [-0.05, 0) is 31.8 Å². The van der Waals surface area contributed by atoms with Crippen LogP contribution in [0.15, 0.2) is 6.33 Å². The highest BCUT2D eigenvalue weighted by Crippen LogP contribution is 2.06. The molecule has 0 aliphatic carbocycles. The standard InChI is InChI=1S/C13H27N5/c1-4-7-18-13(15-11-16-18)10-17(8-5-6-14)9-12(2)3/h11-12H,4-10,14H2,1-3H3. The molecule has 0 saturated carbocycles. The molecule has 0 spiro atoms. The molecule has 0 atom stereocenters. The molecule has 18 heavy (non-hydrogen) atoms. The lowest BCUT2D eigenvalue weighted by Gasteiger charge is -2.23. The lowest BCUT2D eigenvalue weighted by Crippen LogP contribution is -2.31. The number of hydrogen-bond donors (Lipinski definition) is 1. The number of aryl methyl sites for hydroxylation is 1. The van der Waals surface area contributed by atoms with Crippen molar-refractivity contribution in [3.63, 3.8) is 0 Å². The molecule has 0 saturated heterocycles. The zero-order chi connectivity index (χ0) is 13.4. The first-order valence-corrected chi connectivity index (χ1v) is 6.96. The van der Waals surface area contributed by atoms with Gasteiger partial charge in [0, 0.05) is 13.1 Å². The van der Waals surface area contributed by atoms with E-state index in [1.165, 1.54) is 0 Å². The molecule has 0 unspecified atom stereocenters. The quantitative estimate of drug-likeness (QED) is 0.724. The number of rotatable bonds is 9. The van der Waals surface area contributed by atoms with Gasteiger partial charge in [-0.3, -0.25) is 4.90 Å². The maximum Gasteiger partial charge on any atom is 0.141 e. The molecule has 1 rings (SSSR count). The van der Waals surface area contributed by atoms with E-state index >= 15 is 0 Å². The summed E-state index contributed by atoms with van der Waals surface area (Å²) in [7, 11) is 0. The first kappa shape index (κ1) is 15.1. The van der Waals surface area contributed by atoms with Gasteiger partial charge in [-0.2, -0.15) is 5.10 Å². The molecule has 1 aromatic rings. The zero-order valence-electron chi connectivity index (χ0n) is 12.0. The van der Waals surface area contributed by atoms with Crippen LogP contribution in [0.2, 0.25) is 0 Å². The van der Waals surface area contributed by atoms with Crippen LogP contribution < -0.4 is 5.73 Å². The number of nitrogens with two attached hydrogens (primary N) is 1. The second-order valence-electron chi connectivity index (χ2n) is 5.17. The molecule has 0 aliphatic heterocycles. The van der Waals surface area contributed by atoms with Gasteiger partial charge in [0.2, 0.25) is 0 Å². The molecule has 1 aromatic heterocycles. The highest BCUT2D eigenvalue weighted by Gasteiger charge is 2.11. The molecule has 0 radical (unpaired) electrons. The van der Waals surface area contributed by atoms with E-state index < -0.39 is 0 Å². The number of aromatic nitrogens is 3. The third kappa shape index (κ3) is 5.14. The first-order valence-electron chi connectivity index (χ1n) is 6.96. The molecular weight excluding hydrogens is 226 g/mol. The van der Waals surface area contributed by atoms with E-state index in [0.29, 0.717) is 5.92 Å². The molecule has 2 N–H and O–H groups in total. The molecule has 104 valence electrons. The van der Waals surface area contributed by atoms with Crippen molar-refractivity contribution in [3.8, 4) is 0 Å². The van der Waals surface area contributed by atoms with E-state index in [2.05, 4.69) is 35.8 Å². The van der Waals surface area contributed by atoms with Crippen molar-refractivity contribution in [2.24, 2.45) is 11.7 Å². The van der Waals surface area contributed by atoms with E-state index in [-0.39, 0.29) is 0 Å². The highest BCUT2D eigenvalue weighted by molar-refractivity contribution is 4.85. The van der Waals surface area contributed by atoms with Gasteiger partial charge in [0.05, 0.1) is 6.54 Å². The molecule has 5 nitrogen and oxygen atoms in total. The summed E-state index contributed by atoms with van der Waals surface area (Å²) in [6, 6.07) is 0. The Morgan fingerprint density at radius 1 is 1.44 bits per heavy atom. The molecule has 0 fully saturated rings. The van der Waals surface area contributed by atoms with Crippen molar-refractivity contribution in [2.75, 3.05) is 19.6 Å². The summed E-state index contributed by atoms with van der Waals surface area (Å²) in [5.74, 6) is 1.72. The smallest absolute Gasteiger partial charge is 0.141 e. The Balaban J connectivity index is 2.59. The second kappa shape index (κ2) is 8.21. The minimum atomic E-state index is 0.658. The van der Waals surface area contributed by atoms with E-state index in [0.717, 1.165) is 51.4 Å². The van der Waals surface area contributed by atoms with Gasteiger partial charge >= 0.3 is 0 Å². The van der Waals surface area contributed by atoms with Crippen LogP contribution in [0, 0.1) is 5.92 Å². The van der Waals surface area contributed by atoms with Gasteiger partial charge in [0.25, 0.3) is 0 Å². The second-order valence-corrected chi connectivity index (χ2v) is 5.17. The van der Waals surface area contributed by atoms with E-state index in [4.69, 9.17) is 5.73 Å². The Morgan fingerprint density at radius 3 is 2.83 bits per heavy atom. The van der Waals surface area contributed by atoms with Gasteiger partial charge in [0.15, 0.2) is 0 Å². The molecular formula is C13H27N5. The average molecular weight is 253 g/mol. The fourth-order valence-electron chi connectivity index (χ4n) is 2.08. The van der Waals surface area contributed by atoms with Crippen LogP contribution >= 0.6 is 0 Å². The zero-order valence-corrected chi connectivity index (χ0v) is 12.0. The van der Waals surface area contributed by atoms with Crippen LogP contribution in [0.3, 0.4) is 0 Å². The third-order valence-corrected chi connectivity index (χ3v) is 2.80. The average Bonchev–Trinajstić information content (AvgIpc) is 2.73. The van der Waals surface area contributed by atoms with Crippen LogP contribution in [-0.2, 0) is 13.1 Å². The maximum atomic E-state index is 5.60. The van der Waals surface area contributed by atoms with E-state index in [1.807, 2.05) is 4.68 Å². The third-order valence-electron chi connectivity index (χ3n) is 2.80. The monoisotopic (exact) mass is 253 g/mol. The Morgan fingerprint density at radius 2 is 2.22 bits per heavy atom. The van der Waals surface area contributed by atoms with E-state index in [9.17, 15) is 0 Å². The number of nitrogens with zero attached hydrogens (tertiary/aromatic N) is 4. The number of hydrogen-bond acceptors (Lipinski definition) is 4. The van der Waals surface area contributed by atoms with Gasteiger partial charge in [-0.15, -0.1) is 0 Å².